The molecule has 2 aromatic carbocycles. The van der Waals surface area contributed by atoms with E-state index in [0.717, 1.165) is 11.3 Å². The number of aromatic nitrogens is 1. The van der Waals surface area contributed by atoms with E-state index >= 15 is 0 Å². The molecule has 0 unspecified atom stereocenters. The van der Waals surface area contributed by atoms with Crippen LogP contribution in [-0.2, 0) is 4.79 Å². The molecule has 4 heterocycles. The summed E-state index contributed by atoms with van der Waals surface area (Å²) in [5.74, 6) is 0.904. The number of nitrogens with zero attached hydrogens (tertiary/aromatic N) is 2. The molecule has 0 saturated carbocycles. The van der Waals surface area contributed by atoms with Crippen molar-refractivity contribution in [1.82, 2.24) is 15.6 Å². The van der Waals surface area contributed by atoms with Crippen LogP contribution in [0, 0.1) is 6.92 Å². The molecule has 2 aliphatic heterocycles. The van der Waals surface area contributed by atoms with Crippen molar-refractivity contribution < 1.29 is 19.1 Å². The van der Waals surface area contributed by atoms with Gasteiger partial charge in [0.25, 0.3) is 5.91 Å². The summed E-state index contributed by atoms with van der Waals surface area (Å²) in [7, 11) is 0. The predicted octanol–water partition coefficient (Wildman–Crippen LogP) is 4.35. The van der Waals surface area contributed by atoms with Crippen molar-refractivity contribution in [3.8, 4) is 11.5 Å². The van der Waals surface area contributed by atoms with Gasteiger partial charge in [0.1, 0.15) is 27.2 Å². The maximum absolute atomic E-state index is 13.4. The normalized spacial score (nSPS) is 16.8. The highest BCUT2D eigenvalue weighted by Gasteiger charge is 2.34. The molecule has 1 saturated heterocycles. The summed E-state index contributed by atoms with van der Waals surface area (Å²) in [5.41, 5.74) is 2.57. The monoisotopic (exact) mass is 499 g/mol. The molecule has 4 aromatic rings. The number of ketones is 1. The Kier molecular flexibility index (Phi) is 5.39. The van der Waals surface area contributed by atoms with Crippen molar-refractivity contribution in [3.63, 3.8) is 0 Å². The van der Waals surface area contributed by atoms with Crippen molar-refractivity contribution >= 4 is 56.3 Å². The van der Waals surface area contributed by atoms with Crippen LogP contribution in [0.5, 0.6) is 11.5 Å². The largest absolute Gasteiger partial charge is 0.457 e. The highest BCUT2D eigenvalue weighted by atomic mass is 32.1. The van der Waals surface area contributed by atoms with Crippen LogP contribution in [0.25, 0.3) is 10.2 Å². The van der Waals surface area contributed by atoms with Crippen LogP contribution in [0.1, 0.15) is 15.2 Å². The number of carbonyl (C=O) groups is 3. The number of amides is 3. The molecule has 3 amide bonds. The summed E-state index contributed by atoms with van der Waals surface area (Å²) < 4.78 is 5.93. The third-order valence-corrected chi connectivity index (χ3v) is 7.28. The first-order valence-electron chi connectivity index (χ1n) is 11.4. The van der Waals surface area contributed by atoms with Crippen LogP contribution >= 0.6 is 11.3 Å². The van der Waals surface area contributed by atoms with Crippen molar-refractivity contribution in [2.45, 2.75) is 13.0 Å². The van der Waals surface area contributed by atoms with Gasteiger partial charge in [0.05, 0.1) is 29.0 Å². The second-order valence-corrected chi connectivity index (χ2v) is 9.57. The van der Waals surface area contributed by atoms with Crippen LogP contribution in [-0.4, -0.2) is 41.8 Å². The van der Waals surface area contributed by atoms with E-state index in [1.807, 2.05) is 55.5 Å². The number of urea groups is 1. The van der Waals surface area contributed by atoms with Crippen LogP contribution in [0.15, 0.2) is 60.8 Å². The van der Waals surface area contributed by atoms with E-state index in [0.29, 0.717) is 44.5 Å². The number of hydrogen-bond acceptors (Lipinski definition) is 7. The molecule has 0 bridgehead atoms. The molecule has 0 radical (unpaired) electrons. The number of rotatable bonds is 5. The van der Waals surface area contributed by atoms with Crippen LogP contribution < -0.4 is 25.6 Å². The molecule has 36 heavy (non-hydrogen) atoms. The van der Waals surface area contributed by atoms with Crippen molar-refractivity contribution in [2.75, 3.05) is 23.3 Å². The Bertz CT molecular complexity index is 1530. The summed E-state index contributed by atoms with van der Waals surface area (Å²) in [6.07, 6.45) is 1.62. The molecular weight excluding hydrogens is 478 g/mol. The molecule has 0 aliphatic carbocycles. The van der Waals surface area contributed by atoms with E-state index in [-0.39, 0.29) is 18.4 Å². The summed E-state index contributed by atoms with van der Waals surface area (Å²) in [4.78, 5) is 45.3. The SMILES string of the molecule is Cc1cc(Oc2ccccc2)ccc1N1C(=O)Nc2c(C(=O)N[C@H]3CNCC3=O)sc3nccc1c23. The third-order valence-electron chi connectivity index (χ3n) is 6.18. The zero-order valence-electron chi connectivity index (χ0n) is 19.2. The lowest BCUT2D eigenvalue weighted by molar-refractivity contribution is -0.117. The lowest BCUT2D eigenvalue weighted by Gasteiger charge is -2.29. The van der Waals surface area contributed by atoms with Crippen molar-refractivity contribution in [3.05, 3.63) is 71.2 Å². The number of carbonyl (C=O) groups excluding carboxylic acids is 3. The number of aryl methyl sites for hydroxylation is 1. The number of para-hydroxylation sites is 1. The number of benzene rings is 2. The number of hydrogen-bond donors (Lipinski definition) is 3. The van der Waals surface area contributed by atoms with Crippen molar-refractivity contribution in [1.29, 1.82) is 0 Å². The van der Waals surface area contributed by atoms with Gasteiger partial charge >= 0.3 is 6.03 Å². The summed E-state index contributed by atoms with van der Waals surface area (Å²) in [6.45, 7) is 2.53. The topological polar surface area (TPSA) is 113 Å². The van der Waals surface area contributed by atoms with Crippen LogP contribution in [0.2, 0.25) is 0 Å². The van der Waals surface area contributed by atoms with Crippen LogP contribution in [0.4, 0.5) is 21.9 Å². The molecule has 1 atom stereocenters. The van der Waals surface area contributed by atoms with E-state index in [4.69, 9.17) is 4.74 Å². The Hall–Kier alpha value is -4.28. The number of ether oxygens (including phenoxy) is 1. The Balaban J connectivity index is 1.36. The van der Waals surface area contributed by atoms with Gasteiger partial charge in [-0.05, 0) is 48.9 Å². The fraction of sp³-hybridized carbons (Fsp3) is 0.154. The minimum Gasteiger partial charge on any atom is -0.457 e. The van der Waals surface area contributed by atoms with Gasteiger partial charge in [0.2, 0.25) is 0 Å². The minimum absolute atomic E-state index is 0.0673. The Labute approximate surface area is 210 Å². The zero-order chi connectivity index (χ0) is 24.8. The van der Waals surface area contributed by atoms with Gasteiger partial charge in [-0.3, -0.25) is 14.5 Å². The van der Waals surface area contributed by atoms with Gasteiger partial charge in [0.15, 0.2) is 5.78 Å². The van der Waals surface area contributed by atoms with Gasteiger partial charge in [-0.1, -0.05) is 18.2 Å². The molecule has 6 rings (SSSR count). The predicted molar refractivity (Wildman–Crippen MR) is 138 cm³/mol. The standard InChI is InChI=1S/C26H21N5O4S/c1-14-11-16(35-15-5-3-2-4-6-15)7-8-18(14)31-19-9-10-28-25-21(19)22(30-26(31)34)23(36-25)24(33)29-17-12-27-13-20(17)32/h2-11,17,27H,12-13H2,1H3,(H,29,33)(H,30,34)/t17-/m0/s1. The lowest BCUT2D eigenvalue weighted by atomic mass is 10.1. The number of anilines is 3. The van der Waals surface area contributed by atoms with E-state index in [9.17, 15) is 14.4 Å². The van der Waals surface area contributed by atoms with E-state index in [1.165, 1.54) is 11.3 Å². The third kappa shape index (κ3) is 3.76. The first-order valence-corrected chi connectivity index (χ1v) is 12.2. The Morgan fingerprint density at radius 2 is 1.94 bits per heavy atom. The molecule has 2 aliphatic rings. The molecule has 180 valence electrons. The fourth-order valence-electron chi connectivity index (χ4n) is 4.48. The molecule has 10 heteroatoms. The summed E-state index contributed by atoms with van der Waals surface area (Å²) in [5, 5.41) is 9.29. The first-order chi connectivity index (χ1) is 17.5. The Morgan fingerprint density at radius 3 is 2.69 bits per heavy atom. The van der Waals surface area contributed by atoms with Crippen molar-refractivity contribution in [2.24, 2.45) is 0 Å². The highest BCUT2D eigenvalue weighted by molar-refractivity contribution is 7.21. The van der Waals surface area contributed by atoms with Gasteiger partial charge in [-0.15, -0.1) is 11.3 Å². The van der Waals surface area contributed by atoms with Gasteiger partial charge in [-0.25, -0.2) is 9.78 Å². The van der Waals surface area contributed by atoms with Gasteiger partial charge in [-0.2, -0.15) is 0 Å². The lowest BCUT2D eigenvalue weighted by Crippen LogP contribution is -2.41. The first kappa shape index (κ1) is 22.2. The molecule has 1 fully saturated rings. The number of thiophene rings is 1. The van der Waals surface area contributed by atoms with E-state index < -0.39 is 11.9 Å². The quantitative estimate of drug-likeness (QED) is 0.376. The number of Topliss-reactive ketones (excluding diaryl/α,β-unsaturated/α-hetero) is 1. The number of pyridine rings is 1. The molecule has 9 nitrogen and oxygen atoms in total. The minimum atomic E-state index is -0.586. The smallest absolute Gasteiger partial charge is 0.331 e. The molecular formula is C26H21N5O4S. The second-order valence-electron chi connectivity index (χ2n) is 8.57. The average molecular weight is 500 g/mol. The molecule has 2 aromatic heterocycles. The number of nitrogens with one attached hydrogen (secondary N) is 3. The Morgan fingerprint density at radius 1 is 1.11 bits per heavy atom. The van der Waals surface area contributed by atoms with Gasteiger partial charge < -0.3 is 20.7 Å². The summed E-state index contributed by atoms with van der Waals surface area (Å²) >= 11 is 1.19. The van der Waals surface area contributed by atoms with Gasteiger partial charge in [0, 0.05) is 12.7 Å². The second kappa shape index (κ2) is 8.74. The maximum Gasteiger partial charge on any atom is 0.331 e. The maximum atomic E-state index is 13.4. The average Bonchev–Trinajstić information content (AvgIpc) is 3.45. The molecule has 0 spiro atoms. The van der Waals surface area contributed by atoms with E-state index in [1.54, 1.807) is 17.2 Å². The zero-order valence-corrected chi connectivity index (χ0v) is 20.0. The fourth-order valence-corrected chi connectivity index (χ4v) is 5.50. The van der Waals surface area contributed by atoms with Crippen LogP contribution in [0.3, 0.4) is 0 Å². The highest BCUT2D eigenvalue weighted by Crippen LogP contribution is 2.46. The van der Waals surface area contributed by atoms with E-state index in [2.05, 4.69) is 20.9 Å². The molecule has 3 N–H and O–H groups in total. The summed E-state index contributed by atoms with van der Waals surface area (Å²) in [6, 6.07) is 15.8.